The van der Waals surface area contributed by atoms with E-state index in [9.17, 15) is 10.2 Å². The largest absolute Gasteiger partial charge is 0.508 e. The first kappa shape index (κ1) is 24.9. The Morgan fingerprint density at radius 2 is 1.25 bits per heavy atom. The molecule has 7 rings (SSSR count). The van der Waals surface area contributed by atoms with Gasteiger partial charge in [0.15, 0.2) is 0 Å². The van der Waals surface area contributed by atoms with Crippen molar-refractivity contribution in [2.45, 2.75) is 12.8 Å². The third kappa shape index (κ3) is 4.53. The molecule has 0 aliphatic carbocycles. The van der Waals surface area contributed by atoms with Gasteiger partial charge in [0.1, 0.15) is 11.5 Å². The summed E-state index contributed by atoms with van der Waals surface area (Å²) in [7, 11) is 0. The molecule has 40 heavy (non-hydrogen) atoms. The zero-order valence-electron chi connectivity index (χ0n) is 21.0. The van der Waals surface area contributed by atoms with Crippen LogP contribution in [-0.2, 0) is 12.8 Å². The van der Waals surface area contributed by atoms with Crippen LogP contribution in [0.15, 0.2) is 81.7 Å². The number of nitrogens with zero attached hydrogens (tertiary/aromatic N) is 2. The first-order valence-electron chi connectivity index (χ1n) is 12.8. The van der Waals surface area contributed by atoms with Gasteiger partial charge >= 0.3 is 0 Å². The lowest BCUT2D eigenvalue weighted by Gasteiger charge is -2.08. The molecule has 2 aliphatic rings. The number of nitrogens with one attached hydrogen (secondary N) is 2. The quantitative estimate of drug-likeness (QED) is 0.151. The number of phenolic OH excluding ortho intramolecular Hbond substituents is 2. The van der Waals surface area contributed by atoms with Gasteiger partial charge in [0.2, 0.25) is 0 Å². The summed E-state index contributed by atoms with van der Waals surface area (Å²) in [5, 5.41) is 20.6. The number of aromatic amines is 2. The molecule has 3 aromatic heterocycles. The Bertz CT molecular complexity index is 2020. The molecule has 0 amide bonds. The van der Waals surface area contributed by atoms with E-state index in [0.29, 0.717) is 0 Å². The predicted octanol–water partition coefficient (Wildman–Crippen LogP) is 8.54. The van der Waals surface area contributed by atoms with E-state index in [-0.39, 0.29) is 11.5 Å². The van der Waals surface area contributed by atoms with Gasteiger partial charge in [-0.3, -0.25) is 4.98 Å². The van der Waals surface area contributed by atoms with Crippen LogP contribution in [-0.4, -0.2) is 30.1 Å². The van der Waals surface area contributed by atoms with E-state index in [0.717, 1.165) is 88.9 Å². The summed E-state index contributed by atoms with van der Waals surface area (Å²) in [6.45, 7) is 0. The number of benzene rings is 2. The first-order chi connectivity index (χ1) is 19.4. The minimum absolute atomic E-state index is 0.183. The van der Waals surface area contributed by atoms with E-state index in [1.165, 1.54) is 0 Å². The summed E-state index contributed by atoms with van der Waals surface area (Å²) in [6, 6.07) is 22.8. The monoisotopic (exact) mass is 652 g/mol. The van der Waals surface area contributed by atoms with Gasteiger partial charge in [-0.15, -0.1) is 0 Å². The molecule has 6 nitrogen and oxygen atoms in total. The van der Waals surface area contributed by atoms with Gasteiger partial charge in [-0.2, -0.15) is 0 Å². The predicted molar refractivity (Wildman–Crippen MR) is 167 cm³/mol. The number of phenols is 2. The number of aryl methyl sites for hydroxylation is 2. The van der Waals surface area contributed by atoms with Crippen molar-refractivity contribution in [1.82, 2.24) is 19.9 Å². The van der Waals surface area contributed by atoms with Crippen LogP contribution in [0.4, 0.5) is 0 Å². The summed E-state index contributed by atoms with van der Waals surface area (Å²) >= 11 is 7.35. The molecule has 0 saturated heterocycles. The molecule has 8 heteroatoms. The van der Waals surface area contributed by atoms with Gasteiger partial charge in [0.25, 0.3) is 0 Å². The molecule has 0 atom stereocenters. The van der Waals surface area contributed by atoms with Gasteiger partial charge in [-0.1, -0.05) is 31.9 Å². The summed E-state index contributed by atoms with van der Waals surface area (Å²) in [6.07, 6.45) is 5.55. The summed E-state index contributed by atoms with van der Waals surface area (Å²) in [5.41, 5.74) is 10.7. The Morgan fingerprint density at radius 1 is 0.625 bits per heavy atom. The van der Waals surface area contributed by atoms with Gasteiger partial charge in [0, 0.05) is 59.0 Å². The highest BCUT2D eigenvalue weighted by Gasteiger charge is 2.18. The maximum atomic E-state index is 10.3. The minimum Gasteiger partial charge on any atom is -0.508 e. The van der Waals surface area contributed by atoms with Crippen molar-refractivity contribution >= 4 is 66.1 Å². The zero-order valence-corrected chi connectivity index (χ0v) is 24.2. The van der Waals surface area contributed by atoms with Gasteiger partial charge in [-0.25, -0.2) is 4.98 Å². The van der Waals surface area contributed by atoms with Crippen LogP contribution in [0.5, 0.6) is 11.5 Å². The summed E-state index contributed by atoms with van der Waals surface area (Å²) < 4.78 is 1.74. The fraction of sp³-hybridized carbons (Fsp3) is 0.0625. The number of fused-ring (bicyclic) bond motifs is 8. The van der Waals surface area contributed by atoms with E-state index in [4.69, 9.17) is 9.97 Å². The molecule has 2 aromatic carbocycles. The molecule has 0 radical (unpaired) electrons. The van der Waals surface area contributed by atoms with E-state index in [1.807, 2.05) is 54.6 Å². The molecule has 0 spiro atoms. The highest BCUT2D eigenvalue weighted by molar-refractivity contribution is 9.11. The van der Waals surface area contributed by atoms with Crippen LogP contribution >= 0.6 is 31.9 Å². The number of aromatic hydroxyl groups is 2. The third-order valence-electron chi connectivity index (χ3n) is 7.12. The molecule has 0 fully saturated rings. The molecule has 2 aliphatic heterocycles. The molecule has 0 saturated carbocycles. The average molecular weight is 654 g/mol. The van der Waals surface area contributed by atoms with Crippen LogP contribution in [0.25, 0.3) is 56.5 Å². The molecule has 5 aromatic rings. The lowest BCUT2D eigenvalue weighted by molar-refractivity contribution is 0.475. The Hall–Kier alpha value is -4.14. The molecule has 5 heterocycles. The fourth-order valence-corrected chi connectivity index (χ4v) is 6.21. The van der Waals surface area contributed by atoms with Crippen molar-refractivity contribution in [2.75, 3.05) is 0 Å². The van der Waals surface area contributed by atoms with Crippen LogP contribution < -0.4 is 0 Å². The Morgan fingerprint density at radius 3 is 1.95 bits per heavy atom. The van der Waals surface area contributed by atoms with Crippen molar-refractivity contribution in [1.29, 1.82) is 0 Å². The number of rotatable bonds is 2. The summed E-state index contributed by atoms with van der Waals surface area (Å²) in [4.78, 5) is 17.1. The second kappa shape index (κ2) is 9.80. The van der Waals surface area contributed by atoms with E-state index < -0.39 is 0 Å². The average Bonchev–Trinajstić information content (AvgIpc) is 3.74. The Balaban J connectivity index is 1.58. The number of hydrogen-bond acceptors (Lipinski definition) is 4. The highest BCUT2D eigenvalue weighted by atomic mass is 79.9. The second-order valence-corrected chi connectivity index (χ2v) is 11.5. The number of H-pyrrole nitrogens is 2. The van der Waals surface area contributed by atoms with Crippen molar-refractivity contribution in [2.24, 2.45) is 0 Å². The van der Waals surface area contributed by atoms with Crippen molar-refractivity contribution in [3.63, 3.8) is 0 Å². The summed E-state index contributed by atoms with van der Waals surface area (Å²) in [5.74, 6) is 0.380. The van der Waals surface area contributed by atoms with Crippen LogP contribution in [0, 0.1) is 0 Å². The minimum atomic E-state index is 0.183. The third-order valence-corrected chi connectivity index (χ3v) is 8.51. The number of aromatic nitrogens is 4. The second-order valence-electron chi connectivity index (χ2n) is 9.83. The Labute approximate surface area is 246 Å². The molecular formula is C32H22Br2N4O2. The van der Waals surface area contributed by atoms with E-state index >= 15 is 0 Å². The van der Waals surface area contributed by atoms with Crippen molar-refractivity contribution in [3.05, 3.63) is 105 Å². The zero-order chi connectivity index (χ0) is 27.4. The maximum Gasteiger partial charge on any atom is 0.116 e. The highest BCUT2D eigenvalue weighted by Crippen LogP contribution is 2.38. The number of hydrogen-bond donors (Lipinski definition) is 4. The fourth-order valence-electron chi connectivity index (χ4n) is 5.32. The lowest BCUT2D eigenvalue weighted by Crippen LogP contribution is -1.89. The van der Waals surface area contributed by atoms with Crippen LogP contribution in [0.3, 0.4) is 0 Å². The van der Waals surface area contributed by atoms with E-state index in [2.05, 4.69) is 47.9 Å². The van der Waals surface area contributed by atoms with E-state index in [1.54, 1.807) is 24.3 Å². The van der Waals surface area contributed by atoms with Crippen molar-refractivity contribution < 1.29 is 10.2 Å². The normalized spacial score (nSPS) is 12.7. The van der Waals surface area contributed by atoms with Crippen LogP contribution in [0.1, 0.15) is 22.8 Å². The maximum absolute atomic E-state index is 10.3. The molecule has 196 valence electrons. The SMILES string of the molecule is Oc1ccc(Br)c(-c2c3nc(cc4ccc([nH]4)c(-c4cc(O)ccc4Br)c4nc(cc5ccc2[nH]5)CC4)C=C3)c1. The standard InChI is InChI=1S/C32H22Br2N4O2/c33-25-7-5-21(39)15-23(25)31-27-9-1-17(35-27)13-18-2-10-29(36-18)32(24-16-22(40)6-8-26(24)34)30-12-4-20(38-30)14-19-3-11-28(31)37-19/h1-3,5-11,13-16,36-37,39-40H,4,12H2. The topological polar surface area (TPSA) is 97.8 Å². The number of halogens is 2. The molecular weight excluding hydrogens is 632 g/mol. The lowest BCUT2D eigenvalue weighted by atomic mass is 10.0. The van der Waals surface area contributed by atoms with Gasteiger partial charge in [-0.05, 0) is 97.8 Å². The first-order valence-corrected chi connectivity index (χ1v) is 14.4. The van der Waals surface area contributed by atoms with Crippen LogP contribution in [0.2, 0.25) is 0 Å². The van der Waals surface area contributed by atoms with Gasteiger partial charge in [0.05, 0.1) is 17.1 Å². The molecule has 0 unspecified atom stereocenters. The molecule has 8 bridgehead atoms. The van der Waals surface area contributed by atoms with Crippen molar-refractivity contribution in [3.8, 4) is 33.8 Å². The Kier molecular flexibility index (Phi) is 6.09. The van der Waals surface area contributed by atoms with Gasteiger partial charge < -0.3 is 20.2 Å². The smallest absolute Gasteiger partial charge is 0.116 e. The molecule has 4 N–H and O–H groups in total.